The van der Waals surface area contributed by atoms with Crippen LogP contribution in [-0.4, -0.2) is 25.0 Å². The lowest BCUT2D eigenvalue weighted by Gasteiger charge is -2.28. The number of nitrogens with zero attached hydrogens (tertiary/aromatic N) is 2. The Hall–Kier alpha value is -2.09. The van der Waals surface area contributed by atoms with Crippen LogP contribution in [0, 0.1) is 0 Å². The van der Waals surface area contributed by atoms with E-state index in [9.17, 15) is 0 Å². The van der Waals surface area contributed by atoms with E-state index >= 15 is 0 Å². The van der Waals surface area contributed by atoms with Crippen molar-refractivity contribution in [3.63, 3.8) is 0 Å². The summed E-state index contributed by atoms with van der Waals surface area (Å²) >= 11 is 0. The Kier molecular flexibility index (Phi) is 7.68. The monoisotopic (exact) mass is 392 g/mol. The Morgan fingerprint density at radius 3 is 1.34 bits per heavy atom. The Morgan fingerprint density at radius 1 is 0.655 bits per heavy atom. The smallest absolute Gasteiger partial charge is 0.205 e. The molecule has 0 fully saturated rings. The molecule has 0 heterocycles. The van der Waals surface area contributed by atoms with Crippen LogP contribution in [-0.2, 0) is 0 Å². The van der Waals surface area contributed by atoms with Crippen molar-refractivity contribution in [1.82, 2.24) is 0 Å². The van der Waals surface area contributed by atoms with Crippen LogP contribution in [0.3, 0.4) is 0 Å². The molecule has 0 spiro atoms. The molecule has 0 N–H and O–H groups in total. The molecule has 0 aromatic heterocycles. The summed E-state index contributed by atoms with van der Waals surface area (Å²) < 4.78 is 2.20. The van der Waals surface area contributed by atoms with E-state index in [1.165, 1.54) is 33.6 Å². The van der Waals surface area contributed by atoms with Gasteiger partial charge in [0, 0.05) is 11.4 Å². The zero-order valence-corrected chi connectivity index (χ0v) is 20.2. The van der Waals surface area contributed by atoms with Crippen molar-refractivity contribution >= 4 is 17.7 Å². The maximum Gasteiger partial charge on any atom is 0.205 e. The Bertz CT molecular complexity index is 804. The van der Waals surface area contributed by atoms with Crippen molar-refractivity contribution < 1.29 is 4.58 Å². The minimum atomic E-state index is 0.465. The number of rotatable bonds is 7. The molecular formula is C27H40N2. The molecule has 2 aromatic carbocycles. The zero-order valence-electron chi connectivity index (χ0n) is 20.2. The van der Waals surface area contributed by atoms with E-state index in [2.05, 4.69) is 122 Å². The molecule has 0 saturated carbocycles. The first-order valence-electron chi connectivity index (χ1n) is 11.1. The predicted octanol–water partition coefficient (Wildman–Crippen LogP) is 7.50. The predicted molar refractivity (Wildman–Crippen MR) is 128 cm³/mol. The molecule has 2 rings (SSSR count). The minimum absolute atomic E-state index is 0.465. The lowest BCUT2D eigenvalue weighted by molar-refractivity contribution is -0.402. The molecule has 0 aliphatic carbocycles. The first-order chi connectivity index (χ1) is 13.6. The summed E-state index contributed by atoms with van der Waals surface area (Å²) in [6, 6.07) is 13.4. The van der Waals surface area contributed by atoms with Crippen LogP contribution >= 0.6 is 0 Å². The number of hydrogen-bond donors (Lipinski definition) is 0. The largest absolute Gasteiger partial charge is 0.340 e. The Balaban J connectivity index is 2.66. The molecule has 2 aromatic rings. The Morgan fingerprint density at radius 2 is 1.00 bits per heavy atom. The average molecular weight is 393 g/mol. The van der Waals surface area contributed by atoms with Gasteiger partial charge in [0.1, 0.15) is 0 Å². The average Bonchev–Trinajstić information content (AvgIpc) is 2.66. The number of para-hydroxylation sites is 2. The molecule has 2 heteroatoms. The Labute approximate surface area is 179 Å². The van der Waals surface area contributed by atoms with Crippen LogP contribution in [0.25, 0.3) is 0 Å². The third kappa shape index (κ3) is 5.10. The number of benzene rings is 2. The van der Waals surface area contributed by atoms with Crippen molar-refractivity contribution in [2.75, 3.05) is 19.0 Å². The maximum atomic E-state index is 3.66. The summed E-state index contributed by atoms with van der Waals surface area (Å²) in [5.41, 5.74) is 8.08. The molecule has 0 bridgehead atoms. The molecule has 0 aliphatic heterocycles. The lowest BCUT2D eigenvalue weighted by atomic mass is 9.92. The van der Waals surface area contributed by atoms with Crippen molar-refractivity contribution in [2.24, 2.45) is 0 Å². The van der Waals surface area contributed by atoms with Gasteiger partial charge in [-0.2, -0.15) is 0 Å². The molecule has 0 radical (unpaired) electrons. The van der Waals surface area contributed by atoms with Crippen molar-refractivity contribution in [3.05, 3.63) is 58.7 Å². The topological polar surface area (TPSA) is 6.25 Å². The highest BCUT2D eigenvalue weighted by atomic mass is 15.2. The van der Waals surface area contributed by atoms with E-state index in [1.807, 2.05) is 0 Å². The quantitative estimate of drug-likeness (QED) is 0.155. The molecule has 29 heavy (non-hydrogen) atoms. The van der Waals surface area contributed by atoms with E-state index < -0.39 is 0 Å². The summed E-state index contributed by atoms with van der Waals surface area (Å²) in [5.74, 6) is 1.86. The van der Waals surface area contributed by atoms with Crippen LogP contribution in [0.2, 0.25) is 0 Å². The molecule has 0 amide bonds. The summed E-state index contributed by atoms with van der Waals surface area (Å²) in [4.78, 5) is 2.20. The fourth-order valence-electron chi connectivity index (χ4n) is 4.12. The van der Waals surface area contributed by atoms with Crippen LogP contribution in [0.5, 0.6) is 0 Å². The standard InChI is InChI=1S/C27H40N2/c1-18(2)22-13-11-14-23(19(3)4)26(22)28(9)17-29(10)27-24(20(5)6)15-12-16-25(27)21(7)8/h11-16,18-21H,1-10H3. The number of hydrogen-bond acceptors (Lipinski definition) is 0. The van der Waals surface area contributed by atoms with Crippen LogP contribution in [0.15, 0.2) is 36.4 Å². The van der Waals surface area contributed by atoms with E-state index in [0.717, 1.165) is 0 Å². The van der Waals surface area contributed by atoms with E-state index in [-0.39, 0.29) is 0 Å². The van der Waals surface area contributed by atoms with E-state index in [0.29, 0.717) is 23.7 Å². The van der Waals surface area contributed by atoms with Gasteiger partial charge in [-0.3, -0.25) is 0 Å². The maximum absolute atomic E-state index is 3.66. The highest BCUT2D eigenvalue weighted by Crippen LogP contribution is 2.36. The van der Waals surface area contributed by atoms with Crippen molar-refractivity contribution in [2.45, 2.75) is 79.1 Å². The highest BCUT2D eigenvalue weighted by molar-refractivity contribution is 5.80. The lowest BCUT2D eigenvalue weighted by Crippen LogP contribution is -2.24. The summed E-state index contributed by atoms with van der Waals surface area (Å²) in [6.45, 7) is 18.2. The fourth-order valence-corrected chi connectivity index (χ4v) is 4.12. The first kappa shape index (κ1) is 23.2. The first-order valence-corrected chi connectivity index (χ1v) is 11.1. The summed E-state index contributed by atoms with van der Waals surface area (Å²) in [7, 11) is 4.27. The van der Waals surface area contributed by atoms with Crippen LogP contribution in [0.4, 0.5) is 11.4 Å². The molecule has 0 aliphatic rings. The van der Waals surface area contributed by atoms with E-state index in [1.54, 1.807) is 0 Å². The van der Waals surface area contributed by atoms with Crippen molar-refractivity contribution in [1.29, 1.82) is 0 Å². The van der Waals surface area contributed by atoms with Crippen LogP contribution < -0.4 is 4.90 Å². The zero-order chi connectivity index (χ0) is 21.9. The van der Waals surface area contributed by atoms with Gasteiger partial charge in [0.15, 0.2) is 0 Å². The van der Waals surface area contributed by atoms with Gasteiger partial charge in [-0.15, -0.1) is 0 Å². The molecule has 0 saturated heterocycles. The van der Waals surface area contributed by atoms with Gasteiger partial charge in [0.25, 0.3) is 0 Å². The molecular weight excluding hydrogens is 352 g/mol. The third-order valence-electron chi connectivity index (χ3n) is 5.66. The van der Waals surface area contributed by atoms with Gasteiger partial charge >= 0.3 is 0 Å². The summed E-state index contributed by atoms with van der Waals surface area (Å²) in [6.07, 6.45) is 3.66. The molecule has 0 unspecified atom stereocenters. The second-order valence-corrected chi connectivity index (χ2v) is 9.41. The number of anilines is 1. The minimum Gasteiger partial charge on any atom is -0.340 e. The second kappa shape index (κ2) is 9.61. The third-order valence-corrected chi connectivity index (χ3v) is 5.66. The van der Waals surface area contributed by atoms with Gasteiger partial charge in [-0.05, 0) is 23.7 Å². The molecule has 2 nitrogen and oxygen atoms in total. The van der Waals surface area contributed by atoms with Crippen LogP contribution in [0.1, 0.15) is 101 Å². The SMILES string of the molecule is CC(C)c1cccc(C(C)C)c1N(C)[C-]=[N+](C)c1c(C(C)C)cccc1C(C)C. The van der Waals surface area contributed by atoms with Gasteiger partial charge < -0.3 is 9.48 Å². The normalized spacial score (nSPS) is 12.6. The summed E-state index contributed by atoms with van der Waals surface area (Å²) in [5, 5.41) is 0. The molecule has 0 atom stereocenters. The van der Waals surface area contributed by atoms with Gasteiger partial charge in [0.2, 0.25) is 6.34 Å². The highest BCUT2D eigenvalue weighted by Gasteiger charge is 2.17. The van der Waals surface area contributed by atoms with Crippen molar-refractivity contribution in [3.8, 4) is 0 Å². The van der Waals surface area contributed by atoms with Gasteiger partial charge in [0.05, 0.1) is 14.1 Å². The van der Waals surface area contributed by atoms with Gasteiger partial charge in [-0.1, -0.05) is 114 Å². The van der Waals surface area contributed by atoms with E-state index in [4.69, 9.17) is 0 Å². The molecule has 158 valence electrons. The van der Waals surface area contributed by atoms with Gasteiger partial charge in [-0.25, -0.2) is 0 Å². The fraction of sp³-hybridized carbons (Fsp3) is 0.519. The second-order valence-electron chi connectivity index (χ2n) is 9.41.